The van der Waals surface area contributed by atoms with Crippen LogP contribution < -0.4 is 5.32 Å². The highest BCUT2D eigenvalue weighted by atomic mass is 15.1. The molecule has 0 unspecified atom stereocenters. The van der Waals surface area contributed by atoms with E-state index in [2.05, 4.69) is 50.2 Å². The lowest BCUT2D eigenvalue weighted by molar-refractivity contribution is 0.245. The number of rotatable bonds is 6. The average molecular weight is 274 g/mol. The lowest BCUT2D eigenvalue weighted by Gasteiger charge is -2.24. The van der Waals surface area contributed by atoms with Crippen molar-refractivity contribution in [2.75, 3.05) is 20.1 Å². The van der Waals surface area contributed by atoms with Crippen LogP contribution in [0.2, 0.25) is 0 Å². The van der Waals surface area contributed by atoms with Crippen molar-refractivity contribution in [3.63, 3.8) is 0 Å². The minimum absolute atomic E-state index is 0.833. The van der Waals surface area contributed by atoms with Gasteiger partial charge in [0.2, 0.25) is 0 Å². The molecule has 0 heterocycles. The highest BCUT2D eigenvalue weighted by Crippen LogP contribution is 2.21. The fourth-order valence-corrected chi connectivity index (χ4v) is 3.22. The van der Waals surface area contributed by atoms with Gasteiger partial charge in [0.1, 0.15) is 0 Å². The Hall–Kier alpha value is -0.860. The Morgan fingerprint density at radius 1 is 1.05 bits per heavy atom. The van der Waals surface area contributed by atoms with Crippen molar-refractivity contribution in [1.29, 1.82) is 0 Å². The molecule has 1 fully saturated rings. The maximum absolute atomic E-state index is 3.60. The van der Waals surface area contributed by atoms with Crippen molar-refractivity contribution in [3.8, 4) is 0 Å². The van der Waals surface area contributed by atoms with Crippen LogP contribution in [0.3, 0.4) is 0 Å². The summed E-state index contributed by atoms with van der Waals surface area (Å²) in [6.45, 7) is 9.84. The van der Waals surface area contributed by atoms with Gasteiger partial charge in [0.25, 0.3) is 0 Å². The van der Waals surface area contributed by atoms with Crippen LogP contribution in [-0.2, 0) is 6.54 Å². The van der Waals surface area contributed by atoms with E-state index in [-0.39, 0.29) is 0 Å². The first kappa shape index (κ1) is 15.5. The van der Waals surface area contributed by atoms with Gasteiger partial charge in [0, 0.05) is 25.7 Å². The maximum Gasteiger partial charge on any atom is 0.0208 e. The third kappa shape index (κ3) is 4.07. The van der Waals surface area contributed by atoms with E-state index in [1.165, 1.54) is 47.9 Å². The fourth-order valence-electron chi connectivity index (χ4n) is 3.22. The number of likely N-dealkylation sites (N-methyl/N-ethyl adjacent to an activating group) is 1. The smallest absolute Gasteiger partial charge is 0.0208 e. The van der Waals surface area contributed by atoms with Crippen LogP contribution in [0.15, 0.2) is 12.1 Å². The van der Waals surface area contributed by atoms with Crippen LogP contribution in [-0.4, -0.2) is 31.1 Å². The second-order valence-corrected chi connectivity index (χ2v) is 6.46. The van der Waals surface area contributed by atoms with Crippen LogP contribution in [0, 0.1) is 20.8 Å². The summed E-state index contributed by atoms with van der Waals surface area (Å²) in [5.41, 5.74) is 5.64. The van der Waals surface area contributed by atoms with Gasteiger partial charge in [0.05, 0.1) is 0 Å². The van der Waals surface area contributed by atoms with E-state index < -0.39 is 0 Å². The van der Waals surface area contributed by atoms with Crippen LogP contribution >= 0.6 is 0 Å². The molecule has 2 rings (SSSR count). The van der Waals surface area contributed by atoms with E-state index in [9.17, 15) is 0 Å². The van der Waals surface area contributed by atoms with Crippen LogP contribution in [0.1, 0.15) is 47.9 Å². The largest absolute Gasteiger partial charge is 0.311 e. The summed E-state index contributed by atoms with van der Waals surface area (Å²) in [4.78, 5) is 2.53. The van der Waals surface area contributed by atoms with Gasteiger partial charge in [-0.05, 0) is 62.9 Å². The first-order valence-electron chi connectivity index (χ1n) is 8.05. The third-order valence-electron chi connectivity index (χ3n) is 4.86. The van der Waals surface area contributed by atoms with E-state index in [0.29, 0.717) is 0 Å². The molecule has 0 atom stereocenters. The molecule has 2 nitrogen and oxygen atoms in total. The molecule has 1 N–H and O–H groups in total. The van der Waals surface area contributed by atoms with Crippen LogP contribution in [0.5, 0.6) is 0 Å². The first-order valence-corrected chi connectivity index (χ1v) is 8.05. The summed E-state index contributed by atoms with van der Waals surface area (Å²) < 4.78 is 0. The zero-order valence-corrected chi connectivity index (χ0v) is 13.6. The molecule has 0 bridgehead atoms. The highest BCUT2D eigenvalue weighted by molar-refractivity contribution is 5.36. The Bertz CT molecular complexity index is 433. The van der Waals surface area contributed by atoms with Crippen molar-refractivity contribution in [2.45, 2.75) is 59.0 Å². The minimum atomic E-state index is 0.833. The van der Waals surface area contributed by atoms with Gasteiger partial charge < -0.3 is 10.2 Å². The monoisotopic (exact) mass is 274 g/mol. The van der Waals surface area contributed by atoms with E-state index in [0.717, 1.165) is 25.7 Å². The van der Waals surface area contributed by atoms with Gasteiger partial charge in [-0.15, -0.1) is 0 Å². The van der Waals surface area contributed by atoms with Gasteiger partial charge >= 0.3 is 0 Å². The van der Waals surface area contributed by atoms with Crippen molar-refractivity contribution >= 4 is 0 Å². The summed E-state index contributed by atoms with van der Waals surface area (Å²) >= 11 is 0. The molecule has 1 aromatic rings. The number of nitrogens with zero attached hydrogens (tertiary/aromatic N) is 1. The molecule has 112 valence electrons. The van der Waals surface area contributed by atoms with E-state index >= 15 is 0 Å². The van der Waals surface area contributed by atoms with E-state index in [4.69, 9.17) is 0 Å². The predicted octanol–water partition coefficient (Wildman–Crippen LogP) is 3.58. The van der Waals surface area contributed by atoms with Crippen LogP contribution in [0.4, 0.5) is 0 Å². The Morgan fingerprint density at radius 3 is 2.40 bits per heavy atom. The van der Waals surface area contributed by atoms with Crippen molar-refractivity contribution < 1.29 is 0 Å². The highest BCUT2D eigenvalue weighted by Gasteiger charge is 2.18. The first-order chi connectivity index (χ1) is 9.58. The van der Waals surface area contributed by atoms with Gasteiger partial charge in [-0.2, -0.15) is 0 Å². The molecule has 1 aliphatic rings. The number of hydrogen-bond donors (Lipinski definition) is 1. The normalized spacial score (nSPS) is 16.2. The standard InChI is InChI=1S/C18H30N2/c1-14-11-16(3)17(12-15(14)2)13-19-9-10-20(4)18-7-5-6-8-18/h11-12,18-19H,5-10,13H2,1-4H3. The zero-order valence-electron chi connectivity index (χ0n) is 13.6. The molecule has 2 heteroatoms. The molecule has 0 amide bonds. The molecule has 0 spiro atoms. The molecular weight excluding hydrogens is 244 g/mol. The molecular formula is C18H30N2. The Labute approximate surface area is 124 Å². The van der Waals surface area contributed by atoms with Gasteiger partial charge in [-0.25, -0.2) is 0 Å². The van der Waals surface area contributed by atoms with Crippen molar-refractivity contribution in [1.82, 2.24) is 10.2 Å². The summed E-state index contributed by atoms with van der Waals surface area (Å²) in [6, 6.07) is 5.47. The quantitative estimate of drug-likeness (QED) is 0.798. The Balaban J connectivity index is 1.74. The Kier molecular flexibility index (Phi) is 5.62. The van der Waals surface area contributed by atoms with E-state index in [1.807, 2.05) is 0 Å². The molecule has 0 aliphatic heterocycles. The second kappa shape index (κ2) is 7.24. The SMILES string of the molecule is Cc1cc(C)c(CNCCN(C)C2CCCC2)cc1C. The van der Waals surface area contributed by atoms with Gasteiger partial charge in [-0.3, -0.25) is 0 Å². The number of benzene rings is 1. The van der Waals surface area contributed by atoms with E-state index in [1.54, 1.807) is 0 Å². The summed E-state index contributed by atoms with van der Waals surface area (Å²) in [5.74, 6) is 0. The molecule has 0 saturated heterocycles. The van der Waals surface area contributed by atoms with Gasteiger partial charge in [0.15, 0.2) is 0 Å². The lowest BCUT2D eigenvalue weighted by atomic mass is 10.0. The zero-order chi connectivity index (χ0) is 14.5. The van der Waals surface area contributed by atoms with Crippen LogP contribution in [0.25, 0.3) is 0 Å². The molecule has 1 aromatic carbocycles. The summed E-state index contributed by atoms with van der Waals surface area (Å²) in [5, 5.41) is 3.60. The molecule has 1 aliphatic carbocycles. The summed E-state index contributed by atoms with van der Waals surface area (Å²) in [6.07, 6.45) is 5.63. The Morgan fingerprint density at radius 2 is 1.70 bits per heavy atom. The second-order valence-electron chi connectivity index (χ2n) is 6.46. The predicted molar refractivity (Wildman–Crippen MR) is 87.2 cm³/mol. The molecule has 0 radical (unpaired) electrons. The molecule has 20 heavy (non-hydrogen) atoms. The minimum Gasteiger partial charge on any atom is -0.311 e. The third-order valence-corrected chi connectivity index (χ3v) is 4.86. The number of hydrogen-bond acceptors (Lipinski definition) is 2. The average Bonchev–Trinajstić information content (AvgIpc) is 2.94. The number of nitrogens with one attached hydrogen (secondary N) is 1. The van der Waals surface area contributed by atoms with Crippen molar-refractivity contribution in [2.24, 2.45) is 0 Å². The topological polar surface area (TPSA) is 15.3 Å². The summed E-state index contributed by atoms with van der Waals surface area (Å²) in [7, 11) is 2.28. The maximum atomic E-state index is 3.60. The fraction of sp³-hybridized carbons (Fsp3) is 0.667. The van der Waals surface area contributed by atoms with Gasteiger partial charge in [-0.1, -0.05) is 25.0 Å². The number of aryl methyl sites for hydroxylation is 3. The van der Waals surface area contributed by atoms with Crippen molar-refractivity contribution in [3.05, 3.63) is 34.4 Å². The lowest BCUT2D eigenvalue weighted by Crippen LogP contribution is -2.35. The molecule has 0 aromatic heterocycles. The molecule has 1 saturated carbocycles.